The number of hydrogen-bond acceptors (Lipinski definition) is 0. The molecule has 0 aromatic carbocycles. The molecule has 0 aromatic rings. The first kappa shape index (κ1) is 35.7. The van der Waals surface area contributed by atoms with Crippen LogP contribution in [0, 0.1) is 11.8 Å². The summed E-state index contributed by atoms with van der Waals surface area (Å²) < 4.78 is 0. The van der Waals surface area contributed by atoms with E-state index >= 15 is 0 Å². The van der Waals surface area contributed by atoms with Gasteiger partial charge in [-0.05, 0) is 24.7 Å². The third-order valence-corrected chi connectivity index (χ3v) is 8.55. The minimum Gasteiger partial charge on any atom is -0.103 e. The lowest BCUT2D eigenvalue weighted by molar-refractivity contribution is 0.390. The van der Waals surface area contributed by atoms with Crippen LogP contribution < -0.4 is 0 Å². The lowest BCUT2D eigenvalue weighted by atomic mass is 9.92. The number of allylic oxidation sites excluding steroid dienone is 1. The molecule has 0 spiro atoms. The van der Waals surface area contributed by atoms with Crippen molar-refractivity contribution in [2.75, 3.05) is 0 Å². The number of hydrogen-bond donors (Lipinski definition) is 0. The van der Waals surface area contributed by atoms with Gasteiger partial charge >= 0.3 is 0 Å². The van der Waals surface area contributed by atoms with Gasteiger partial charge in [-0.1, -0.05) is 200 Å². The summed E-state index contributed by atoms with van der Waals surface area (Å²) in [7, 11) is 0. The van der Waals surface area contributed by atoms with Crippen molar-refractivity contribution in [2.24, 2.45) is 11.8 Å². The van der Waals surface area contributed by atoms with Gasteiger partial charge in [-0.3, -0.25) is 0 Å². The molecule has 2 atom stereocenters. The maximum absolute atomic E-state index is 3.81. The van der Waals surface area contributed by atoms with Gasteiger partial charge in [0, 0.05) is 0 Å². The predicted molar refractivity (Wildman–Crippen MR) is 168 cm³/mol. The zero-order valence-electron chi connectivity index (χ0n) is 25.9. The van der Waals surface area contributed by atoms with Crippen molar-refractivity contribution >= 4 is 0 Å². The summed E-state index contributed by atoms with van der Waals surface area (Å²) in [6, 6.07) is 0. The van der Waals surface area contributed by atoms with Crippen molar-refractivity contribution in [1.82, 2.24) is 0 Å². The maximum atomic E-state index is 3.81. The molecule has 0 bridgehead atoms. The van der Waals surface area contributed by atoms with Gasteiger partial charge in [0.15, 0.2) is 0 Å². The Hall–Kier alpha value is -0.260. The Morgan fingerprint density at radius 3 is 1.00 bits per heavy atom. The Bertz CT molecular complexity index is 397. The lowest BCUT2D eigenvalue weighted by Gasteiger charge is -2.14. The molecule has 0 aliphatic carbocycles. The largest absolute Gasteiger partial charge is 0.103 e. The monoisotopic (exact) mass is 505 g/mol. The third kappa shape index (κ3) is 30.0. The molecule has 2 unspecified atom stereocenters. The Morgan fingerprint density at radius 1 is 0.389 bits per heavy atom. The van der Waals surface area contributed by atoms with Crippen LogP contribution in [-0.4, -0.2) is 0 Å². The van der Waals surface area contributed by atoms with Crippen LogP contribution in [0.3, 0.4) is 0 Å². The molecule has 0 saturated carbocycles. The van der Waals surface area contributed by atoms with Crippen LogP contribution in [0.1, 0.15) is 207 Å². The second-order valence-corrected chi connectivity index (χ2v) is 12.6. The van der Waals surface area contributed by atoms with Gasteiger partial charge < -0.3 is 0 Å². The molecule has 216 valence electrons. The zero-order valence-corrected chi connectivity index (χ0v) is 25.9. The summed E-state index contributed by atoms with van der Waals surface area (Å²) in [6.07, 6.45) is 44.2. The second kappa shape index (κ2) is 31.0. The van der Waals surface area contributed by atoms with Crippen LogP contribution in [-0.2, 0) is 0 Å². The van der Waals surface area contributed by atoms with Crippen LogP contribution in [0.15, 0.2) is 12.7 Å². The van der Waals surface area contributed by atoms with Gasteiger partial charge in [-0.2, -0.15) is 0 Å². The predicted octanol–water partition coefficient (Wildman–Crippen LogP) is 13.8. The molecule has 0 heteroatoms. The van der Waals surface area contributed by atoms with Crippen molar-refractivity contribution < 1.29 is 0 Å². The molecule has 36 heavy (non-hydrogen) atoms. The van der Waals surface area contributed by atoms with Crippen molar-refractivity contribution in [3.63, 3.8) is 0 Å². The highest BCUT2D eigenvalue weighted by atomic mass is 14.1. The SMILES string of the molecule is C=CCCCCCCCCCC(C)CCCC(C)CCCCCCCCCCCCCCCCCC. The molecule has 0 nitrogen and oxygen atoms in total. The van der Waals surface area contributed by atoms with Crippen LogP contribution >= 0.6 is 0 Å². The summed E-state index contributed by atoms with van der Waals surface area (Å²) in [5.74, 6) is 1.89. The summed E-state index contributed by atoms with van der Waals surface area (Å²) >= 11 is 0. The highest BCUT2D eigenvalue weighted by Gasteiger charge is 2.06. The lowest BCUT2D eigenvalue weighted by Crippen LogP contribution is -1.99. The maximum Gasteiger partial charge on any atom is -0.0353 e. The van der Waals surface area contributed by atoms with Crippen LogP contribution in [0.25, 0.3) is 0 Å². The van der Waals surface area contributed by atoms with E-state index in [9.17, 15) is 0 Å². The topological polar surface area (TPSA) is 0 Å². The van der Waals surface area contributed by atoms with E-state index in [2.05, 4.69) is 33.4 Å². The summed E-state index contributed by atoms with van der Waals surface area (Å²) in [4.78, 5) is 0. The molecule has 0 aliphatic heterocycles. The second-order valence-electron chi connectivity index (χ2n) is 12.6. The van der Waals surface area contributed by atoms with Gasteiger partial charge in [0.25, 0.3) is 0 Å². The van der Waals surface area contributed by atoms with E-state index in [-0.39, 0.29) is 0 Å². The van der Waals surface area contributed by atoms with Crippen LogP contribution in [0.2, 0.25) is 0 Å². The van der Waals surface area contributed by atoms with Gasteiger partial charge in [0.1, 0.15) is 0 Å². The molecular weight excluding hydrogens is 432 g/mol. The van der Waals surface area contributed by atoms with E-state index in [1.54, 1.807) is 0 Å². The summed E-state index contributed by atoms with van der Waals surface area (Å²) in [5, 5.41) is 0. The fourth-order valence-corrected chi connectivity index (χ4v) is 5.81. The molecule has 0 aromatic heterocycles. The smallest absolute Gasteiger partial charge is 0.0353 e. The van der Waals surface area contributed by atoms with Gasteiger partial charge in [0.05, 0.1) is 0 Å². The highest BCUT2D eigenvalue weighted by Crippen LogP contribution is 2.22. The van der Waals surface area contributed by atoms with Crippen LogP contribution in [0.5, 0.6) is 0 Å². The highest BCUT2D eigenvalue weighted by molar-refractivity contribution is 4.65. The molecule has 0 fully saturated rings. The van der Waals surface area contributed by atoms with E-state index in [4.69, 9.17) is 0 Å². The Labute approximate surface area is 231 Å². The average molecular weight is 505 g/mol. The van der Waals surface area contributed by atoms with Gasteiger partial charge in [-0.25, -0.2) is 0 Å². The molecule has 0 amide bonds. The average Bonchev–Trinajstić information content (AvgIpc) is 2.87. The van der Waals surface area contributed by atoms with Crippen molar-refractivity contribution in [3.05, 3.63) is 12.7 Å². The summed E-state index contributed by atoms with van der Waals surface area (Å²) in [6.45, 7) is 11.1. The normalized spacial score (nSPS) is 13.2. The molecule has 0 N–H and O–H groups in total. The van der Waals surface area contributed by atoms with E-state index in [1.165, 1.54) is 186 Å². The Balaban J connectivity index is 3.25. The standard InChI is InChI=1S/C36H72/c1-5-7-9-11-13-15-16-17-18-19-20-21-23-25-27-29-32-36(4)34-30-33-35(3)31-28-26-24-22-14-12-10-8-6-2/h6,35-36H,2,5,7-34H2,1,3-4H3. The Kier molecular flexibility index (Phi) is 30.7. The molecule has 0 heterocycles. The van der Waals surface area contributed by atoms with Crippen molar-refractivity contribution in [3.8, 4) is 0 Å². The number of unbranched alkanes of at least 4 members (excludes halogenated alkanes) is 22. The quantitative estimate of drug-likeness (QED) is 0.0650. The first-order valence-electron chi connectivity index (χ1n) is 17.3. The fraction of sp³-hybridized carbons (Fsp3) is 0.944. The first-order chi connectivity index (χ1) is 17.7. The third-order valence-electron chi connectivity index (χ3n) is 8.55. The molecular formula is C36H72. The van der Waals surface area contributed by atoms with Gasteiger partial charge in [0.2, 0.25) is 0 Å². The van der Waals surface area contributed by atoms with E-state index < -0.39 is 0 Å². The Morgan fingerprint density at radius 2 is 0.667 bits per heavy atom. The molecule has 0 saturated heterocycles. The van der Waals surface area contributed by atoms with E-state index in [0.29, 0.717) is 0 Å². The number of rotatable bonds is 31. The molecule has 0 aliphatic rings. The zero-order chi connectivity index (χ0) is 26.4. The first-order valence-corrected chi connectivity index (χ1v) is 17.3. The molecule has 0 radical (unpaired) electrons. The van der Waals surface area contributed by atoms with Gasteiger partial charge in [-0.15, -0.1) is 6.58 Å². The van der Waals surface area contributed by atoms with Crippen molar-refractivity contribution in [1.29, 1.82) is 0 Å². The minimum atomic E-state index is 0.945. The molecule has 0 rings (SSSR count). The fourth-order valence-electron chi connectivity index (χ4n) is 5.81. The van der Waals surface area contributed by atoms with E-state index in [1.807, 2.05) is 0 Å². The summed E-state index contributed by atoms with van der Waals surface area (Å²) in [5.41, 5.74) is 0. The minimum absolute atomic E-state index is 0.945. The van der Waals surface area contributed by atoms with E-state index in [0.717, 1.165) is 11.8 Å². The van der Waals surface area contributed by atoms with Crippen molar-refractivity contribution in [2.45, 2.75) is 207 Å². The van der Waals surface area contributed by atoms with Crippen LogP contribution in [0.4, 0.5) is 0 Å².